The number of rotatable bonds is 7. The summed E-state index contributed by atoms with van der Waals surface area (Å²) in [5.74, 6) is -0.644. The molecule has 0 atom stereocenters. The fraction of sp³-hybridized carbons (Fsp3) is 0.238. The van der Waals surface area contributed by atoms with Crippen LogP contribution in [0.15, 0.2) is 54.2 Å². The molecule has 0 spiro atoms. The Balaban J connectivity index is 1.98. The van der Waals surface area contributed by atoms with Crippen LogP contribution in [0.5, 0.6) is 0 Å². The van der Waals surface area contributed by atoms with Crippen molar-refractivity contribution >= 4 is 34.7 Å². The van der Waals surface area contributed by atoms with Crippen molar-refractivity contribution < 1.29 is 14.3 Å². The van der Waals surface area contributed by atoms with Gasteiger partial charge in [0.2, 0.25) is 0 Å². The second-order valence-electron chi connectivity index (χ2n) is 6.31. The summed E-state index contributed by atoms with van der Waals surface area (Å²) in [4.78, 5) is 27.2. The second-order valence-corrected chi connectivity index (χ2v) is 6.72. The highest BCUT2D eigenvalue weighted by Gasteiger charge is 2.38. The SMILES string of the molecule is COCCCN1C(=O)C(Nc2ccc(C)c(Cl)c2)=C(c2ccccc2)C1=O. The molecule has 0 aliphatic carbocycles. The number of nitrogens with one attached hydrogen (secondary N) is 1. The van der Waals surface area contributed by atoms with E-state index >= 15 is 0 Å². The maximum absolute atomic E-state index is 13.0. The Morgan fingerprint density at radius 2 is 1.81 bits per heavy atom. The number of amides is 2. The summed E-state index contributed by atoms with van der Waals surface area (Å²) in [5.41, 5.74) is 2.94. The minimum atomic E-state index is -0.341. The van der Waals surface area contributed by atoms with Gasteiger partial charge in [-0.2, -0.15) is 0 Å². The Bertz CT molecular complexity index is 894. The van der Waals surface area contributed by atoms with E-state index in [0.29, 0.717) is 41.4 Å². The van der Waals surface area contributed by atoms with Crippen LogP contribution in [0.3, 0.4) is 0 Å². The van der Waals surface area contributed by atoms with Crippen molar-refractivity contribution in [1.29, 1.82) is 0 Å². The molecular formula is C21H21ClN2O3. The smallest absolute Gasteiger partial charge is 0.278 e. The topological polar surface area (TPSA) is 58.6 Å². The van der Waals surface area contributed by atoms with E-state index in [9.17, 15) is 9.59 Å². The zero-order valence-corrected chi connectivity index (χ0v) is 16.0. The Morgan fingerprint density at radius 1 is 1.07 bits per heavy atom. The normalized spacial score (nSPS) is 14.3. The van der Waals surface area contributed by atoms with Crippen LogP contribution in [-0.2, 0) is 14.3 Å². The van der Waals surface area contributed by atoms with E-state index in [4.69, 9.17) is 16.3 Å². The van der Waals surface area contributed by atoms with Crippen LogP contribution >= 0.6 is 11.6 Å². The number of ether oxygens (including phenoxy) is 1. The van der Waals surface area contributed by atoms with Crippen molar-refractivity contribution in [2.75, 3.05) is 25.6 Å². The molecule has 1 aliphatic heterocycles. The molecule has 0 radical (unpaired) electrons. The molecule has 6 heteroatoms. The van der Waals surface area contributed by atoms with E-state index in [-0.39, 0.29) is 17.5 Å². The lowest BCUT2D eigenvalue weighted by Crippen LogP contribution is -2.33. The van der Waals surface area contributed by atoms with Gasteiger partial charge in [0, 0.05) is 31.0 Å². The molecule has 140 valence electrons. The predicted molar refractivity (Wildman–Crippen MR) is 106 cm³/mol. The standard InChI is InChI=1S/C21H21ClN2O3/c1-14-9-10-16(13-17(14)22)23-19-18(15-7-4-3-5-8-15)20(25)24(21(19)26)11-6-12-27-2/h3-5,7-10,13,23H,6,11-12H2,1-2H3. The molecule has 1 heterocycles. The van der Waals surface area contributed by atoms with Crippen molar-refractivity contribution in [3.63, 3.8) is 0 Å². The number of halogens is 1. The summed E-state index contributed by atoms with van der Waals surface area (Å²) < 4.78 is 5.04. The van der Waals surface area contributed by atoms with Crippen molar-refractivity contribution in [2.45, 2.75) is 13.3 Å². The number of carbonyl (C=O) groups excluding carboxylic acids is 2. The van der Waals surface area contributed by atoms with E-state index in [1.54, 1.807) is 13.2 Å². The Hall–Kier alpha value is -2.63. The molecule has 0 bridgehead atoms. The first kappa shape index (κ1) is 19.1. The number of methoxy groups -OCH3 is 1. The number of hydrogen-bond donors (Lipinski definition) is 1. The summed E-state index contributed by atoms with van der Waals surface area (Å²) in [5, 5.41) is 3.70. The first-order valence-electron chi connectivity index (χ1n) is 8.71. The van der Waals surface area contributed by atoms with E-state index in [1.807, 2.05) is 49.4 Å². The lowest BCUT2D eigenvalue weighted by Gasteiger charge is -2.15. The van der Waals surface area contributed by atoms with Crippen LogP contribution < -0.4 is 5.32 Å². The van der Waals surface area contributed by atoms with E-state index in [2.05, 4.69) is 5.32 Å². The summed E-state index contributed by atoms with van der Waals surface area (Å²) in [6.07, 6.45) is 0.583. The molecule has 1 aliphatic rings. The molecule has 0 saturated carbocycles. The van der Waals surface area contributed by atoms with Gasteiger partial charge in [0.05, 0.1) is 5.57 Å². The molecule has 2 aromatic rings. The third kappa shape index (κ3) is 4.04. The molecule has 0 unspecified atom stereocenters. The van der Waals surface area contributed by atoms with Crippen molar-refractivity contribution in [3.05, 3.63) is 70.4 Å². The van der Waals surface area contributed by atoms with Crippen LogP contribution in [0.2, 0.25) is 5.02 Å². The van der Waals surface area contributed by atoms with Gasteiger partial charge in [-0.1, -0.05) is 48.0 Å². The lowest BCUT2D eigenvalue weighted by atomic mass is 10.0. The van der Waals surface area contributed by atoms with Gasteiger partial charge < -0.3 is 10.1 Å². The van der Waals surface area contributed by atoms with Gasteiger partial charge >= 0.3 is 0 Å². The van der Waals surface area contributed by atoms with Gasteiger partial charge in [-0.25, -0.2) is 0 Å². The molecule has 5 nitrogen and oxygen atoms in total. The number of imide groups is 1. The number of aryl methyl sites for hydroxylation is 1. The highest BCUT2D eigenvalue weighted by Crippen LogP contribution is 2.31. The molecule has 2 amide bonds. The minimum Gasteiger partial charge on any atom is -0.385 e. The maximum Gasteiger partial charge on any atom is 0.278 e. The molecule has 0 aromatic heterocycles. The average Bonchev–Trinajstić information content (AvgIpc) is 2.90. The summed E-state index contributed by atoms with van der Waals surface area (Å²) >= 11 is 6.20. The Kier molecular flexibility index (Phi) is 5.94. The van der Waals surface area contributed by atoms with Crippen molar-refractivity contribution in [2.24, 2.45) is 0 Å². The summed E-state index contributed by atoms with van der Waals surface area (Å²) in [7, 11) is 1.59. The summed E-state index contributed by atoms with van der Waals surface area (Å²) in [6.45, 7) is 2.69. The molecule has 1 N–H and O–H groups in total. The van der Waals surface area contributed by atoms with Crippen molar-refractivity contribution in [3.8, 4) is 0 Å². The van der Waals surface area contributed by atoms with E-state index in [0.717, 1.165) is 5.56 Å². The number of hydrogen-bond acceptors (Lipinski definition) is 4. The molecule has 0 saturated heterocycles. The van der Waals surface area contributed by atoms with Crippen LogP contribution in [-0.4, -0.2) is 37.0 Å². The number of nitrogens with zero attached hydrogens (tertiary/aromatic N) is 1. The third-order valence-corrected chi connectivity index (χ3v) is 4.81. The maximum atomic E-state index is 13.0. The third-order valence-electron chi connectivity index (χ3n) is 4.40. The molecule has 2 aromatic carbocycles. The molecule has 0 fully saturated rings. The highest BCUT2D eigenvalue weighted by molar-refractivity contribution is 6.36. The summed E-state index contributed by atoms with van der Waals surface area (Å²) in [6, 6.07) is 14.6. The van der Waals surface area contributed by atoms with Gasteiger partial charge in [0.25, 0.3) is 11.8 Å². The fourth-order valence-electron chi connectivity index (χ4n) is 2.95. The van der Waals surface area contributed by atoms with E-state index in [1.165, 1.54) is 4.90 Å². The van der Waals surface area contributed by atoms with Crippen molar-refractivity contribution in [1.82, 2.24) is 4.90 Å². The quantitative estimate of drug-likeness (QED) is 0.581. The fourth-order valence-corrected chi connectivity index (χ4v) is 3.13. The van der Waals surface area contributed by atoms with Gasteiger partial charge in [0.1, 0.15) is 5.70 Å². The van der Waals surface area contributed by atoms with Crippen LogP contribution in [0.25, 0.3) is 5.57 Å². The number of anilines is 1. The molecule has 27 heavy (non-hydrogen) atoms. The molecular weight excluding hydrogens is 364 g/mol. The zero-order chi connectivity index (χ0) is 19.4. The van der Waals surface area contributed by atoms with Gasteiger partial charge in [0.15, 0.2) is 0 Å². The minimum absolute atomic E-state index is 0.267. The first-order chi connectivity index (χ1) is 13.0. The Labute approximate surface area is 163 Å². The average molecular weight is 385 g/mol. The zero-order valence-electron chi connectivity index (χ0n) is 15.3. The van der Waals surface area contributed by atoms with Crippen LogP contribution in [0.4, 0.5) is 5.69 Å². The lowest BCUT2D eigenvalue weighted by molar-refractivity contribution is -0.136. The van der Waals surface area contributed by atoms with Gasteiger partial charge in [-0.3, -0.25) is 14.5 Å². The van der Waals surface area contributed by atoms with Crippen LogP contribution in [0, 0.1) is 6.92 Å². The second kappa shape index (κ2) is 8.37. The monoisotopic (exact) mass is 384 g/mol. The Morgan fingerprint density at radius 3 is 2.48 bits per heavy atom. The number of carbonyl (C=O) groups is 2. The van der Waals surface area contributed by atoms with E-state index < -0.39 is 0 Å². The predicted octanol–water partition coefficient (Wildman–Crippen LogP) is 3.88. The van der Waals surface area contributed by atoms with Crippen LogP contribution in [0.1, 0.15) is 17.5 Å². The highest BCUT2D eigenvalue weighted by atomic mass is 35.5. The molecule has 3 rings (SSSR count). The number of benzene rings is 2. The first-order valence-corrected chi connectivity index (χ1v) is 9.08. The largest absolute Gasteiger partial charge is 0.385 e. The van der Waals surface area contributed by atoms with Gasteiger partial charge in [-0.15, -0.1) is 0 Å². The van der Waals surface area contributed by atoms with Gasteiger partial charge in [-0.05, 0) is 36.6 Å².